The summed E-state index contributed by atoms with van der Waals surface area (Å²) >= 11 is 0. The molecule has 0 aliphatic carbocycles. The molecule has 0 bridgehead atoms. The molecule has 27 heavy (non-hydrogen) atoms. The summed E-state index contributed by atoms with van der Waals surface area (Å²) in [5.74, 6) is -2.42. The van der Waals surface area contributed by atoms with Crippen molar-refractivity contribution in [1.29, 1.82) is 0 Å². The molecule has 5 nitrogen and oxygen atoms in total. The zero-order valence-electron chi connectivity index (χ0n) is 14.9. The van der Waals surface area contributed by atoms with Crippen LogP contribution < -0.4 is 4.72 Å². The number of halogens is 2. The minimum absolute atomic E-state index is 0.0518. The SMILES string of the molecule is C=CCNS(=O)(=O)c1cccc(C(=O)N(C)C(C)c2ccc(F)c(F)c2)c1. The molecule has 2 rings (SSSR count). The van der Waals surface area contributed by atoms with Gasteiger partial charge in [-0.05, 0) is 42.8 Å². The minimum Gasteiger partial charge on any atom is -0.335 e. The molecule has 0 saturated carbocycles. The van der Waals surface area contributed by atoms with Crippen LogP contribution in [0.15, 0.2) is 60.0 Å². The van der Waals surface area contributed by atoms with Crippen molar-refractivity contribution in [3.05, 3.63) is 77.9 Å². The number of sulfonamides is 1. The van der Waals surface area contributed by atoms with Crippen molar-refractivity contribution in [1.82, 2.24) is 9.62 Å². The highest BCUT2D eigenvalue weighted by Crippen LogP contribution is 2.23. The standard InChI is InChI=1S/C19H20F2N2O3S/c1-4-10-22-27(25,26)16-7-5-6-15(11-16)19(24)23(3)13(2)14-8-9-17(20)18(21)12-14/h4-9,11-13,22H,1,10H2,2-3H3. The van der Waals surface area contributed by atoms with Crippen molar-refractivity contribution in [3.63, 3.8) is 0 Å². The molecule has 0 fully saturated rings. The van der Waals surface area contributed by atoms with Crippen molar-refractivity contribution in [2.75, 3.05) is 13.6 Å². The molecule has 8 heteroatoms. The fraction of sp³-hybridized carbons (Fsp3) is 0.211. The van der Waals surface area contributed by atoms with Crippen LogP contribution in [0.25, 0.3) is 0 Å². The maximum atomic E-state index is 13.5. The van der Waals surface area contributed by atoms with Gasteiger partial charge in [-0.25, -0.2) is 21.9 Å². The number of hydrogen-bond acceptors (Lipinski definition) is 3. The number of carbonyl (C=O) groups excluding carboxylic acids is 1. The van der Waals surface area contributed by atoms with E-state index >= 15 is 0 Å². The maximum Gasteiger partial charge on any atom is 0.254 e. The van der Waals surface area contributed by atoms with Crippen molar-refractivity contribution >= 4 is 15.9 Å². The number of hydrogen-bond donors (Lipinski definition) is 1. The van der Waals surface area contributed by atoms with E-state index in [-0.39, 0.29) is 17.0 Å². The third-order valence-electron chi connectivity index (χ3n) is 4.14. The van der Waals surface area contributed by atoms with Gasteiger partial charge in [0.15, 0.2) is 11.6 Å². The third-order valence-corrected chi connectivity index (χ3v) is 5.56. The molecule has 0 radical (unpaired) electrons. The smallest absolute Gasteiger partial charge is 0.254 e. The van der Waals surface area contributed by atoms with Crippen LogP contribution in [0.5, 0.6) is 0 Å². The largest absolute Gasteiger partial charge is 0.335 e. The number of rotatable bonds is 7. The normalized spacial score (nSPS) is 12.4. The van der Waals surface area contributed by atoms with Gasteiger partial charge >= 0.3 is 0 Å². The van der Waals surface area contributed by atoms with Crippen molar-refractivity contribution < 1.29 is 22.0 Å². The fourth-order valence-corrected chi connectivity index (χ4v) is 3.47. The molecule has 0 heterocycles. The summed E-state index contributed by atoms with van der Waals surface area (Å²) in [7, 11) is -2.26. The van der Waals surface area contributed by atoms with E-state index in [1.54, 1.807) is 6.92 Å². The van der Waals surface area contributed by atoms with Gasteiger partial charge in [-0.1, -0.05) is 18.2 Å². The lowest BCUT2D eigenvalue weighted by molar-refractivity contribution is 0.0742. The number of nitrogens with zero attached hydrogens (tertiary/aromatic N) is 1. The van der Waals surface area contributed by atoms with Crippen molar-refractivity contribution in [2.45, 2.75) is 17.9 Å². The van der Waals surface area contributed by atoms with Crippen LogP contribution >= 0.6 is 0 Å². The molecule has 2 aromatic rings. The Kier molecular flexibility index (Phi) is 6.45. The minimum atomic E-state index is -3.77. The van der Waals surface area contributed by atoms with Crippen LogP contribution in [-0.2, 0) is 10.0 Å². The second-order valence-electron chi connectivity index (χ2n) is 5.93. The van der Waals surface area contributed by atoms with Crippen molar-refractivity contribution in [3.8, 4) is 0 Å². The zero-order valence-corrected chi connectivity index (χ0v) is 15.8. The number of amides is 1. The predicted octanol–water partition coefficient (Wildman–Crippen LogP) is 3.26. The van der Waals surface area contributed by atoms with Crippen LogP contribution in [0.1, 0.15) is 28.9 Å². The molecule has 0 aromatic heterocycles. The van der Waals surface area contributed by atoms with Gasteiger partial charge in [-0.3, -0.25) is 4.79 Å². The van der Waals surface area contributed by atoms with E-state index in [0.29, 0.717) is 5.56 Å². The van der Waals surface area contributed by atoms with Crippen LogP contribution in [0.2, 0.25) is 0 Å². The Labute approximate surface area is 157 Å². The van der Waals surface area contributed by atoms with Gasteiger partial charge in [0.25, 0.3) is 5.91 Å². The molecule has 1 atom stereocenters. The van der Waals surface area contributed by atoms with Gasteiger partial charge in [0, 0.05) is 19.2 Å². The summed E-state index contributed by atoms with van der Waals surface area (Å²) < 4.78 is 53.3. The molecule has 0 aliphatic rings. The highest BCUT2D eigenvalue weighted by Gasteiger charge is 2.22. The average molecular weight is 394 g/mol. The summed E-state index contributed by atoms with van der Waals surface area (Å²) in [6.07, 6.45) is 1.41. The van der Waals surface area contributed by atoms with Crippen LogP contribution in [0.3, 0.4) is 0 Å². The summed E-state index contributed by atoms with van der Waals surface area (Å²) in [5, 5.41) is 0. The van der Waals surface area contributed by atoms with Crippen LogP contribution in [-0.4, -0.2) is 32.8 Å². The Morgan fingerprint density at radius 2 is 1.93 bits per heavy atom. The highest BCUT2D eigenvalue weighted by molar-refractivity contribution is 7.89. The zero-order chi connectivity index (χ0) is 20.2. The lowest BCUT2D eigenvalue weighted by atomic mass is 10.1. The molecular weight excluding hydrogens is 374 g/mol. The predicted molar refractivity (Wildman–Crippen MR) is 98.7 cm³/mol. The van der Waals surface area contributed by atoms with E-state index in [2.05, 4.69) is 11.3 Å². The summed E-state index contributed by atoms with van der Waals surface area (Å²) in [5.41, 5.74) is 0.578. The molecule has 1 unspecified atom stereocenters. The molecule has 1 amide bonds. The molecule has 144 valence electrons. The van der Waals surface area contributed by atoms with Gasteiger partial charge in [0.2, 0.25) is 10.0 Å². The second kappa shape index (κ2) is 8.41. The summed E-state index contributed by atoms with van der Waals surface area (Å²) in [4.78, 5) is 14.0. The number of nitrogens with one attached hydrogen (secondary N) is 1. The van der Waals surface area contributed by atoms with E-state index in [4.69, 9.17) is 0 Å². The molecule has 0 aliphatic heterocycles. The van der Waals surface area contributed by atoms with E-state index in [9.17, 15) is 22.0 Å². The third kappa shape index (κ3) is 4.78. The lowest BCUT2D eigenvalue weighted by Crippen LogP contribution is -2.30. The first-order valence-electron chi connectivity index (χ1n) is 8.10. The maximum absolute atomic E-state index is 13.5. The van der Waals surface area contributed by atoms with E-state index in [1.165, 1.54) is 48.4 Å². The number of carbonyl (C=O) groups is 1. The van der Waals surface area contributed by atoms with E-state index in [1.807, 2.05) is 0 Å². The highest BCUT2D eigenvalue weighted by atomic mass is 32.2. The topological polar surface area (TPSA) is 66.5 Å². The van der Waals surface area contributed by atoms with Gasteiger partial charge in [-0.15, -0.1) is 6.58 Å². The summed E-state index contributed by atoms with van der Waals surface area (Å²) in [6.45, 7) is 5.17. The molecule has 0 spiro atoms. The molecule has 2 aromatic carbocycles. The first-order chi connectivity index (χ1) is 12.7. The molecule has 1 N–H and O–H groups in total. The van der Waals surface area contributed by atoms with Crippen molar-refractivity contribution in [2.24, 2.45) is 0 Å². The van der Waals surface area contributed by atoms with Crippen LogP contribution in [0, 0.1) is 11.6 Å². The van der Waals surface area contributed by atoms with E-state index < -0.39 is 33.6 Å². The van der Waals surface area contributed by atoms with Gasteiger partial charge in [0.1, 0.15) is 0 Å². The lowest BCUT2D eigenvalue weighted by Gasteiger charge is -2.25. The Balaban J connectivity index is 2.27. The Hall–Kier alpha value is -2.58. The van der Waals surface area contributed by atoms with Crippen LogP contribution in [0.4, 0.5) is 8.78 Å². The van der Waals surface area contributed by atoms with Gasteiger partial charge in [-0.2, -0.15) is 0 Å². The molecular formula is C19H20F2N2O3S. The number of benzene rings is 2. The Morgan fingerprint density at radius 1 is 1.22 bits per heavy atom. The summed E-state index contributed by atoms with van der Waals surface area (Å²) in [6, 6.07) is 8.47. The molecule has 0 saturated heterocycles. The Morgan fingerprint density at radius 3 is 2.56 bits per heavy atom. The first-order valence-corrected chi connectivity index (χ1v) is 9.58. The monoisotopic (exact) mass is 394 g/mol. The Bertz CT molecular complexity index is 961. The second-order valence-corrected chi connectivity index (χ2v) is 7.70. The van der Waals surface area contributed by atoms with Gasteiger partial charge in [0.05, 0.1) is 10.9 Å². The van der Waals surface area contributed by atoms with Gasteiger partial charge < -0.3 is 4.90 Å². The first kappa shape index (κ1) is 20.7. The quantitative estimate of drug-likeness (QED) is 0.733. The van der Waals surface area contributed by atoms with E-state index in [0.717, 1.165) is 12.1 Å². The average Bonchev–Trinajstić information content (AvgIpc) is 2.67. The fourth-order valence-electron chi connectivity index (χ4n) is 2.42.